The summed E-state index contributed by atoms with van der Waals surface area (Å²) >= 11 is 6.70. The molecule has 0 unspecified atom stereocenters. The lowest BCUT2D eigenvalue weighted by molar-refractivity contribution is 0.153. The first-order valence-electron chi connectivity index (χ1n) is 3.90. The lowest BCUT2D eigenvalue weighted by atomic mass is 10.0. The molecule has 0 bridgehead atoms. The minimum Gasteiger partial charge on any atom is -0.387 e. The normalized spacial score (nSPS) is 15.5. The Bertz CT molecular complexity index is 281. The first kappa shape index (κ1) is 11.2. The molecule has 2 atom stereocenters. The van der Waals surface area contributed by atoms with Crippen LogP contribution in [-0.4, -0.2) is 11.1 Å². The first-order valence-corrected chi connectivity index (χ1v) is 5.49. The van der Waals surface area contributed by atoms with Crippen LogP contribution in [0.25, 0.3) is 0 Å². The van der Waals surface area contributed by atoms with Crippen LogP contribution in [0.4, 0.5) is 0 Å². The number of aliphatic hydroxyl groups excluding tert-OH is 1. The van der Waals surface area contributed by atoms with Crippen LogP contribution in [-0.2, 0) is 0 Å². The summed E-state index contributed by atoms with van der Waals surface area (Å²) in [5.41, 5.74) is 6.40. The van der Waals surface area contributed by atoms with Crippen molar-refractivity contribution < 1.29 is 5.11 Å². The Morgan fingerprint density at radius 3 is 2.08 bits per heavy atom. The second kappa shape index (κ2) is 4.55. The zero-order chi connectivity index (χ0) is 10.0. The second-order valence-corrected chi connectivity index (χ2v) is 4.84. The van der Waals surface area contributed by atoms with Gasteiger partial charge in [0, 0.05) is 15.0 Å². The average Bonchev–Trinajstić information content (AvgIpc) is 2.01. The summed E-state index contributed by atoms with van der Waals surface area (Å²) in [6.07, 6.45) is -0.617. The maximum Gasteiger partial charge on any atom is 0.0938 e. The van der Waals surface area contributed by atoms with Crippen LogP contribution in [0.5, 0.6) is 0 Å². The Morgan fingerprint density at radius 2 is 1.69 bits per heavy atom. The first-order chi connectivity index (χ1) is 6.00. The molecule has 0 aliphatic rings. The molecule has 72 valence electrons. The number of benzene rings is 1. The molecule has 4 heteroatoms. The van der Waals surface area contributed by atoms with Gasteiger partial charge in [-0.25, -0.2) is 0 Å². The molecule has 2 nitrogen and oxygen atoms in total. The summed E-state index contributed by atoms with van der Waals surface area (Å²) in [5.74, 6) is 0. The van der Waals surface area contributed by atoms with Crippen molar-refractivity contribution in [3.8, 4) is 0 Å². The molecular weight excluding hydrogens is 298 g/mol. The molecule has 1 aromatic carbocycles. The van der Waals surface area contributed by atoms with Gasteiger partial charge in [-0.15, -0.1) is 0 Å². The van der Waals surface area contributed by atoms with E-state index in [0.717, 1.165) is 14.5 Å². The van der Waals surface area contributed by atoms with Crippen LogP contribution in [0.15, 0.2) is 27.1 Å². The minimum atomic E-state index is -0.617. The van der Waals surface area contributed by atoms with E-state index >= 15 is 0 Å². The van der Waals surface area contributed by atoms with Gasteiger partial charge in [0.25, 0.3) is 0 Å². The number of halogens is 2. The summed E-state index contributed by atoms with van der Waals surface area (Å²) in [4.78, 5) is 0. The van der Waals surface area contributed by atoms with E-state index in [1.54, 1.807) is 6.92 Å². The Kier molecular flexibility index (Phi) is 3.91. The predicted molar refractivity (Wildman–Crippen MR) is 60.5 cm³/mol. The van der Waals surface area contributed by atoms with E-state index in [0.29, 0.717) is 0 Å². The van der Waals surface area contributed by atoms with Gasteiger partial charge in [0.2, 0.25) is 0 Å². The topological polar surface area (TPSA) is 46.2 Å². The molecule has 0 aliphatic carbocycles. The van der Waals surface area contributed by atoms with Crippen molar-refractivity contribution in [1.29, 1.82) is 0 Å². The largest absolute Gasteiger partial charge is 0.387 e. The third-order valence-electron chi connectivity index (χ3n) is 1.72. The molecule has 0 saturated heterocycles. The summed E-state index contributed by atoms with van der Waals surface area (Å²) in [7, 11) is 0. The lowest BCUT2D eigenvalue weighted by Crippen LogP contribution is -2.24. The fraction of sp³-hybridized carbons (Fsp3) is 0.333. The molecule has 1 rings (SSSR count). The van der Waals surface area contributed by atoms with Gasteiger partial charge in [0.1, 0.15) is 0 Å². The molecule has 0 heterocycles. The maximum atomic E-state index is 9.68. The van der Waals surface area contributed by atoms with E-state index in [1.165, 1.54) is 0 Å². The molecule has 0 aromatic heterocycles. The van der Waals surface area contributed by atoms with Crippen LogP contribution in [0.2, 0.25) is 0 Å². The Labute approximate surface area is 94.4 Å². The van der Waals surface area contributed by atoms with Crippen LogP contribution in [0.3, 0.4) is 0 Å². The van der Waals surface area contributed by atoms with E-state index in [4.69, 9.17) is 5.73 Å². The summed E-state index contributed by atoms with van der Waals surface area (Å²) in [5, 5.41) is 9.68. The third-order valence-corrected chi connectivity index (χ3v) is 2.64. The van der Waals surface area contributed by atoms with E-state index in [1.807, 2.05) is 18.2 Å². The Balaban J connectivity index is 3.01. The molecular formula is C9H11Br2NO. The fourth-order valence-electron chi connectivity index (χ4n) is 1.05. The molecule has 0 spiro atoms. The van der Waals surface area contributed by atoms with Gasteiger partial charge in [-0.2, -0.15) is 0 Å². The zero-order valence-electron chi connectivity index (χ0n) is 7.17. The summed E-state index contributed by atoms with van der Waals surface area (Å²) in [6.45, 7) is 1.78. The minimum absolute atomic E-state index is 0.263. The standard InChI is InChI=1S/C9H11Br2NO/c1-5(12)9(13)6-2-7(10)4-8(11)3-6/h2-5,9,13H,12H2,1H3/t5-,9-/m1/s1. The molecule has 1 aromatic rings. The van der Waals surface area contributed by atoms with E-state index in [9.17, 15) is 5.11 Å². The van der Waals surface area contributed by atoms with Crippen LogP contribution in [0, 0.1) is 0 Å². The molecule has 0 aliphatic heterocycles. The summed E-state index contributed by atoms with van der Waals surface area (Å²) < 4.78 is 1.85. The number of rotatable bonds is 2. The van der Waals surface area contributed by atoms with Crippen molar-refractivity contribution in [2.75, 3.05) is 0 Å². The highest BCUT2D eigenvalue weighted by molar-refractivity contribution is 9.11. The number of aliphatic hydroxyl groups is 1. The molecule has 0 radical (unpaired) electrons. The van der Waals surface area contributed by atoms with Crippen molar-refractivity contribution in [2.24, 2.45) is 5.73 Å². The molecule has 0 amide bonds. The molecule has 3 N–H and O–H groups in total. The highest BCUT2D eigenvalue weighted by Gasteiger charge is 2.12. The van der Waals surface area contributed by atoms with E-state index < -0.39 is 6.10 Å². The SMILES string of the molecule is C[C@@H](N)[C@@H](O)c1cc(Br)cc(Br)c1. The van der Waals surface area contributed by atoms with E-state index in [2.05, 4.69) is 31.9 Å². The third kappa shape index (κ3) is 3.06. The van der Waals surface area contributed by atoms with Crippen LogP contribution < -0.4 is 5.73 Å². The van der Waals surface area contributed by atoms with Crippen molar-refractivity contribution in [1.82, 2.24) is 0 Å². The number of hydrogen-bond acceptors (Lipinski definition) is 2. The van der Waals surface area contributed by atoms with E-state index in [-0.39, 0.29) is 6.04 Å². The second-order valence-electron chi connectivity index (χ2n) is 3.01. The van der Waals surface area contributed by atoms with Gasteiger partial charge in [0.05, 0.1) is 6.10 Å². The highest BCUT2D eigenvalue weighted by atomic mass is 79.9. The highest BCUT2D eigenvalue weighted by Crippen LogP contribution is 2.25. The smallest absolute Gasteiger partial charge is 0.0938 e. The quantitative estimate of drug-likeness (QED) is 0.882. The summed E-state index contributed by atoms with van der Waals surface area (Å²) in [6, 6.07) is 5.37. The lowest BCUT2D eigenvalue weighted by Gasteiger charge is -2.15. The zero-order valence-corrected chi connectivity index (χ0v) is 10.3. The number of nitrogens with two attached hydrogens (primary N) is 1. The van der Waals surface area contributed by atoms with Crippen molar-refractivity contribution in [3.63, 3.8) is 0 Å². The van der Waals surface area contributed by atoms with Gasteiger partial charge in [-0.1, -0.05) is 31.9 Å². The monoisotopic (exact) mass is 307 g/mol. The fourth-order valence-corrected chi connectivity index (χ4v) is 2.38. The van der Waals surface area contributed by atoms with Gasteiger partial charge in [0.15, 0.2) is 0 Å². The van der Waals surface area contributed by atoms with Crippen molar-refractivity contribution in [2.45, 2.75) is 19.1 Å². The molecule has 0 fully saturated rings. The van der Waals surface area contributed by atoms with Crippen LogP contribution >= 0.6 is 31.9 Å². The maximum absolute atomic E-state index is 9.68. The number of hydrogen-bond donors (Lipinski definition) is 2. The molecule has 13 heavy (non-hydrogen) atoms. The predicted octanol–water partition coefficient (Wildman–Crippen LogP) is 2.59. The Hall–Kier alpha value is 0.1000. The molecule has 0 saturated carbocycles. The van der Waals surface area contributed by atoms with Gasteiger partial charge < -0.3 is 10.8 Å². The Morgan fingerprint density at radius 1 is 1.23 bits per heavy atom. The van der Waals surface area contributed by atoms with Gasteiger partial charge >= 0.3 is 0 Å². The van der Waals surface area contributed by atoms with Crippen LogP contribution in [0.1, 0.15) is 18.6 Å². The van der Waals surface area contributed by atoms with Crippen molar-refractivity contribution >= 4 is 31.9 Å². The average molecular weight is 309 g/mol. The van der Waals surface area contributed by atoms with Gasteiger partial charge in [-0.05, 0) is 30.7 Å². The van der Waals surface area contributed by atoms with Crippen molar-refractivity contribution in [3.05, 3.63) is 32.7 Å². The van der Waals surface area contributed by atoms with Gasteiger partial charge in [-0.3, -0.25) is 0 Å².